The minimum absolute atomic E-state index is 0.0243. The number of rotatable bonds is 6. The van der Waals surface area contributed by atoms with Crippen LogP contribution in [0.4, 0.5) is 5.69 Å². The molecule has 0 heterocycles. The van der Waals surface area contributed by atoms with Crippen molar-refractivity contribution in [3.8, 4) is 0 Å². The van der Waals surface area contributed by atoms with E-state index in [4.69, 9.17) is 4.74 Å². The first kappa shape index (κ1) is 16.2. The maximum atomic E-state index is 12.5. The highest BCUT2D eigenvalue weighted by molar-refractivity contribution is 5.97. The Labute approximate surface area is 142 Å². The lowest BCUT2D eigenvalue weighted by Gasteiger charge is -2.21. The van der Waals surface area contributed by atoms with Crippen LogP contribution in [0.25, 0.3) is 10.8 Å². The molecule has 3 aromatic carbocycles. The van der Waals surface area contributed by atoms with E-state index in [9.17, 15) is 4.79 Å². The van der Waals surface area contributed by atoms with E-state index in [1.807, 2.05) is 67.6 Å². The van der Waals surface area contributed by atoms with Gasteiger partial charge in [-0.2, -0.15) is 0 Å². The monoisotopic (exact) mass is 319 g/mol. The second kappa shape index (κ2) is 7.75. The van der Waals surface area contributed by atoms with Crippen molar-refractivity contribution in [1.29, 1.82) is 0 Å². The molecule has 0 aliphatic carbocycles. The summed E-state index contributed by atoms with van der Waals surface area (Å²) in [7, 11) is 0. The van der Waals surface area contributed by atoms with E-state index in [1.54, 1.807) is 4.90 Å². The van der Waals surface area contributed by atoms with Crippen LogP contribution in [-0.4, -0.2) is 19.1 Å². The third kappa shape index (κ3) is 3.81. The van der Waals surface area contributed by atoms with Gasteiger partial charge < -0.3 is 9.64 Å². The molecule has 24 heavy (non-hydrogen) atoms. The lowest BCUT2D eigenvalue weighted by molar-refractivity contribution is -0.123. The Morgan fingerprint density at radius 2 is 1.62 bits per heavy atom. The number of hydrogen-bond donors (Lipinski definition) is 0. The number of benzene rings is 3. The van der Waals surface area contributed by atoms with Gasteiger partial charge in [0.25, 0.3) is 5.91 Å². The minimum atomic E-state index is -0.0243. The zero-order valence-corrected chi connectivity index (χ0v) is 13.8. The van der Waals surface area contributed by atoms with Crippen LogP contribution >= 0.6 is 0 Å². The highest BCUT2D eigenvalue weighted by Crippen LogP contribution is 2.22. The fourth-order valence-corrected chi connectivity index (χ4v) is 2.76. The van der Waals surface area contributed by atoms with Crippen molar-refractivity contribution in [2.24, 2.45) is 0 Å². The van der Waals surface area contributed by atoms with Crippen LogP contribution in [-0.2, 0) is 16.1 Å². The SMILES string of the molecule is CCN(C(=O)COCc1ccccc1)c1ccc2ccccc2c1. The number of carbonyl (C=O) groups is 1. The van der Waals surface area contributed by atoms with E-state index in [0.717, 1.165) is 16.6 Å². The molecule has 0 aromatic heterocycles. The summed E-state index contributed by atoms with van der Waals surface area (Å²) in [5, 5.41) is 2.30. The van der Waals surface area contributed by atoms with Crippen molar-refractivity contribution in [2.75, 3.05) is 18.1 Å². The van der Waals surface area contributed by atoms with Crippen LogP contribution in [0.3, 0.4) is 0 Å². The van der Waals surface area contributed by atoms with Crippen LogP contribution < -0.4 is 4.90 Å². The molecule has 0 unspecified atom stereocenters. The van der Waals surface area contributed by atoms with E-state index in [1.165, 1.54) is 5.39 Å². The Bertz CT molecular complexity index is 814. The number of nitrogens with zero attached hydrogens (tertiary/aromatic N) is 1. The largest absolute Gasteiger partial charge is 0.367 e. The summed E-state index contributed by atoms with van der Waals surface area (Å²) in [6, 6.07) is 24.1. The number of ether oxygens (including phenoxy) is 1. The molecule has 3 rings (SSSR count). The zero-order valence-electron chi connectivity index (χ0n) is 13.8. The molecule has 3 heteroatoms. The molecule has 0 fully saturated rings. The standard InChI is InChI=1S/C21H21NO2/c1-2-22(20-13-12-18-10-6-7-11-19(18)14-20)21(23)16-24-15-17-8-4-3-5-9-17/h3-14H,2,15-16H2,1H3. The van der Waals surface area contributed by atoms with Crippen LogP contribution in [0.1, 0.15) is 12.5 Å². The fraction of sp³-hybridized carbons (Fsp3) is 0.190. The number of hydrogen-bond acceptors (Lipinski definition) is 2. The highest BCUT2D eigenvalue weighted by Gasteiger charge is 2.14. The van der Waals surface area contributed by atoms with E-state index in [2.05, 4.69) is 12.1 Å². The normalized spacial score (nSPS) is 10.7. The summed E-state index contributed by atoms with van der Waals surface area (Å²) in [5.41, 5.74) is 1.98. The second-order valence-corrected chi connectivity index (χ2v) is 5.65. The summed E-state index contributed by atoms with van der Waals surface area (Å²) in [5.74, 6) is -0.0243. The predicted octanol–water partition coefficient (Wildman–Crippen LogP) is 4.41. The number of likely N-dealkylation sites (N-methyl/N-ethyl adjacent to an activating group) is 1. The molecule has 0 N–H and O–H groups in total. The number of anilines is 1. The average molecular weight is 319 g/mol. The zero-order chi connectivity index (χ0) is 16.8. The summed E-state index contributed by atoms with van der Waals surface area (Å²) < 4.78 is 5.58. The highest BCUT2D eigenvalue weighted by atomic mass is 16.5. The van der Waals surface area contributed by atoms with Gasteiger partial charge >= 0.3 is 0 Å². The first-order valence-electron chi connectivity index (χ1n) is 8.19. The number of carbonyl (C=O) groups excluding carboxylic acids is 1. The molecular weight excluding hydrogens is 298 g/mol. The van der Waals surface area contributed by atoms with Gasteiger partial charge in [0.15, 0.2) is 0 Å². The molecule has 0 radical (unpaired) electrons. The topological polar surface area (TPSA) is 29.5 Å². The Kier molecular flexibility index (Phi) is 5.24. The maximum Gasteiger partial charge on any atom is 0.252 e. The van der Waals surface area contributed by atoms with Crippen molar-refractivity contribution in [3.05, 3.63) is 78.4 Å². The quantitative estimate of drug-likeness (QED) is 0.673. The van der Waals surface area contributed by atoms with E-state index in [-0.39, 0.29) is 12.5 Å². The Balaban J connectivity index is 1.66. The Morgan fingerprint density at radius 3 is 2.38 bits per heavy atom. The van der Waals surface area contributed by atoms with Gasteiger partial charge in [-0.3, -0.25) is 4.79 Å². The lowest BCUT2D eigenvalue weighted by Crippen LogP contribution is -2.33. The minimum Gasteiger partial charge on any atom is -0.367 e. The summed E-state index contributed by atoms with van der Waals surface area (Å²) in [4.78, 5) is 14.3. The van der Waals surface area contributed by atoms with Gasteiger partial charge in [-0.1, -0.05) is 60.7 Å². The van der Waals surface area contributed by atoms with Crippen molar-refractivity contribution < 1.29 is 9.53 Å². The van der Waals surface area contributed by atoms with Gasteiger partial charge in [0, 0.05) is 12.2 Å². The number of amides is 1. The molecule has 0 saturated heterocycles. The molecule has 122 valence electrons. The fourth-order valence-electron chi connectivity index (χ4n) is 2.76. The van der Waals surface area contributed by atoms with E-state index < -0.39 is 0 Å². The molecule has 1 amide bonds. The van der Waals surface area contributed by atoms with Crippen LogP contribution in [0, 0.1) is 0 Å². The van der Waals surface area contributed by atoms with E-state index in [0.29, 0.717) is 13.2 Å². The Morgan fingerprint density at radius 1 is 0.917 bits per heavy atom. The Hall–Kier alpha value is -2.65. The van der Waals surface area contributed by atoms with Crippen LogP contribution in [0.15, 0.2) is 72.8 Å². The van der Waals surface area contributed by atoms with Gasteiger partial charge in [0.2, 0.25) is 0 Å². The molecule has 0 aliphatic rings. The second-order valence-electron chi connectivity index (χ2n) is 5.65. The first-order valence-corrected chi connectivity index (χ1v) is 8.19. The van der Waals surface area contributed by atoms with Crippen LogP contribution in [0.2, 0.25) is 0 Å². The predicted molar refractivity (Wildman–Crippen MR) is 98.1 cm³/mol. The smallest absolute Gasteiger partial charge is 0.252 e. The third-order valence-corrected chi connectivity index (χ3v) is 4.00. The molecular formula is C21H21NO2. The molecule has 0 spiro atoms. The maximum absolute atomic E-state index is 12.5. The molecule has 0 atom stereocenters. The summed E-state index contributed by atoms with van der Waals surface area (Å²) in [6.45, 7) is 3.12. The van der Waals surface area contributed by atoms with Crippen molar-refractivity contribution in [3.63, 3.8) is 0 Å². The molecule has 0 bridgehead atoms. The molecule has 3 nitrogen and oxygen atoms in total. The van der Waals surface area contributed by atoms with Crippen LogP contribution in [0.5, 0.6) is 0 Å². The van der Waals surface area contributed by atoms with Gasteiger partial charge in [-0.05, 0) is 35.4 Å². The van der Waals surface area contributed by atoms with Crippen molar-refractivity contribution >= 4 is 22.4 Å². The van der Waals surface area contributed by atoms with Gasteiger partial charge in [-0.25, -0.2) is 0 Å². The van der Waals surface area contributed by atoms with E-state index >= 15 is 0 Å². The molecule has 3 aromatic rings. The average Bonchev–Trinajstić information content (AvgIpc) is 2.63. The van der Waals surface area contributed by atoms with Gasteiger partial charge in [0.1, 0.15) is 6.61 Å². The molecule has 0 aliphatic heterocycles. The lowest BCUT2D eigenvalue weighted by atomic mass is 10.1. The van der Waals surface area contributed by atoms with Gasteiger partial charge in [0.05, 0.1) is 6.61 Å². The van der Waals surface area contributed by atoms with Gasteiger partial charge in [-0.15, -0.1) is 0 Å². The van der Waals surface area contributed by atoms with Crippen molar-refractivity contribution in [1.82, 2.24) is 0 Å². The third-order valence-electron chi connectivity index (χ3n) is 4.00. The summed E-state index contributed by atoms with van der Waals surface area (Å²) >= 11 is 0. The first-order chi connectivity index (χ1) is 11.8. The number of fused-ring (bicyclic) bond motifs is 1. The summed E-state index contributed by atoms with van der Waals surface area (Å²) in [6.07, 6.45) is 0. The molecule has 0 saturated carbocycles. The van der Waals surface area contributed by atoms with Crippen molar-refractivity contribution in [2.45, 2.75) is 13.5 Å².